The number of hydrogen-bond acceptors (Lipinski definition) is 4. The van der Waals surface area contributed by atoms with E-state index in [0.717, 1.165) is 0 Å². The highest BCUT2D eigenvalue weighted by molar-refractivity contribution is 6.15. The van der Waals surface area contributed by atoms with Crippen LogP contribution in [-0.4, -0.2) is 22.8 Å². The molecule has 0 aliphatic carbocycles. The van der Waals surface area contributed by atoms with Crippen LogP contribution < -0.4 is 0 Å². The van der Waals surface area contributed by atoms with E-state index in [0.29, 0.717) is 17.1 Å². The number of Topliss-reactive ketones (excluding diaryl/α,β-unsaturated/α-hetero) is 2. The van der Waals surface area contributed by atoms with E-state index in [1.807, 2.05) is 0 Å². The first-order chi connectivity index (χ1) is 8.56. The molecule has 2 heterocycles. The maximum atomic E-state index is 12.6. The Hall–Kier alpha value is -1.42. The molecule has 1 fully saturated rings. The van der Waals surface area contributed by atoms with Crippen LogP contribution in [0.1, 0.15) is 49.6 Å². The van der Waals surface area contributed by atoms with E-state index in [4.69, 9.17) is 9.15 Å². The van der Waals surface area contributed by atoms with Gasteiger partial charge in [-0.15, -0.1) is 0 Å². The highest BCUT2D eigenvalue weighted by Gasteiger charge is 2.56. The lowest BCUT2D eigenvalue weighted by molar-refractivity contribution is -0.132. The van der Waals surface area contributed by atoms with Gasteiger partial charge in [0.25, 0.3) is 0 Å². The Labute approximate surface area is 113 Å². The molecule has 1 aliphatic heterocycles. The molecule has 4 nitrogen and oxygen atoms in total. The monoisotopic (exact) mass is 264 g/mol. The van der Waals surface area contributed by atoms with Crippen LogP contribution in [0.25, 0.3) is 0 Å². The maximum Gasteiger partial charge on any atom is 0.179 e. The van der Waals surface area contributed by atoms with Crippen molar-refractivity contribution >= 4 is 11.6 Å². The van der Waals surface area contributed by atoms with Crippen LogP contribution in [0, 0.1) is 19.8 Å². The van der Waals surface area contributed by atoms with Crippen LogP contribution in [-0.2, 0) is 9.53 Å². The highest BCUT2D eigenvalue weighted by atomic mass is 16.5. The lowest BCUT2D eigenvalue weighted by Crippen LogP contribution is -2.37. The maximum absolute atomic E-state index is 12.6. The van der Waals surface area contributed by atoms with Gasteiger partial charge < -0.3 is 9.15 Å². The first-order valence-corrected chi connectivity index (χ1v) is 6.42. The van der Waals surface area contributed by atoms with Crippen LogP contribution in [0.15, 0.2) is 10.5 Å². The summed E-state index contributed by atoms with van der Waals surface area (Å²) in [7, 11) is 0. The molecule has 0 N–H and O–H groups in total. The molecule has 1 aromatic rings. The fraction of sp³-hybridized carbons (Fsp3) is 0.600. The molecule has 0 spiro atoms. The summed E-state index contributed by atoms with van der Waals surface area (Å²) < 4.78 is 11.1. The van der Waals surface area contributed by atoms with Gasteiger partial charge in [0.1, 0.15) is 23.0 Å². The van der Waals surface area contributed by atoms with Gasteiger partial charge in [-0.25, -0.2) is 0 Å². The largest absolute Gasteiger partial charge is 0.466 e. The SMILES string of the molecule is Cc1cc(C(=O)C2C(=O)C(C)(C)OC2(C)C)c(C)o1. The second kappa shape index (κ2) is 4.04. The highest BCUT2D eigenvalue weighted by Crippen LogP contribution is 2.41. The molecule has 0 radical (unpaired) electrons. The van der Waals surface area contributed by atoms with E-state index in [-0.39, 0.29) is 11.6 Å². The predicted molar refractivity (Wildman–Crippen MR) is 70.3 cm³/mol. The van der Waals surface area contributed by atoms with Gasteiger partial charge in [-0.2, -0.15) is 0 Å². The summed E-state index contributed by atoms with van der Waals surface area (Å²) in [6, 6.07) is 1.69. The number of furan rings is 1. The number of hydrogen-bond donors (Lipinski definition) is 0. The second-order valence-electron chi connectivity index (χ2n) is 6.20. The number of ether oxygens (including phenoxy) is 1. The molecule has 0 bridgehead atoms. The van der Waals surface area contributed by atoms with Gasteiger partial charge in [0.2, 0.25) is 0 Å². The van der Waals surface area contributed by atoms with Crippen molar-refractivity contribution in [3.63, 3.8) is 0 Å². The van der Waals surface area contributed by atoms with Crippen molar-refractivity contribution in [2.24, 2.45) is 5.92 Å². The standard InChI is InChI=1S/C15H20O4/c1-8-7-10(9(2)18-8)12(16)11-13(17)15(5,6)19-14(11,3)4/h7,11H,1-6H3. The molecule has 1 unspecified atom stereocenters. The van der Waals surface area contributed by atoms with Gasteiger partial charge in [-0.1, -0.05) is 0 Å². The minimum atomic E-state index is -0.920. The summed E-state index contributed by atoms with van der Waals surface area (Å²) in [6.45, 7) is 10.5. The van der Waals surface area contributed by atoms with Gasteiger partial charge >= 0.3 is 0 Å². The minimum absolute atomic E-state index is 0.166. The Bertz CT molecular complexity index is 548. The summed E-state index contributed by atoms with van der Waals surface area (Å²) in [5.74, 6) is 0.0639. The van der Waals surface area contributed by atoms with Gasteiger partial charge in [-0.3, -0.25) is 9.59 Å². The number of ketones is 2. The van der Waals surface area contributed by atoms with Crippen molar-refractivity contribution in [3.05, 3.63) is 23.2 Å². The molecule has 1 aromatic heterocycles. The molecule has 4 heteroatoms. The molecule has 1 aliphatic rings. The van der Waals surface area contributed by atoms with Crippen LogP contribution >= 0.6 is 0 Å². The number of aryl methyl sites for hydroxylation is 2. The zero-order valence-electron chi connectivity index (χ0n) is 12.3. The summed E-state index contributed by atoms with van der Waals surface area (Å²) in [5, 5.41) is 0. The van der Waals surface area contributed by atoms with Crippen molar-refractivity contribution in [1.82, 2.24) is 0 Å². The zero-order valence-corrected chi connectivity index (χ0v) is 12.3. The normalized spacial score (nSPS) is 24.7. The lowest BCUT2D eigenvalue weighted by Gasteiger charge is -2.24. The van der Waals surface area contributed by atoms with E-state index in [1.165, 1.54) is 0 Å². The molecular weight excluding hydrogens is 244 g/mol. The van der Waals surface area contributed by atoms with Crippen molar-refractivity contribution < 1.29 is 18.7 Å². The smallest absolute Gasteiger partial charge is 0.179 e. The Kier molecular flexibility index (Phi) is 2.97. The van der Waals surface area contributed by atoms with Gasteiger partial charge in [-0.05, 0) is 47.6 Å². The second-order valence-corrected chi connectivity index (χ2v) is 6.20. The van der Waals surface area contributed by atoms with Crippen molar-refractivity contribution in [1.29, 1.82) is 0 Å². The fourth-order valence-electron chi connectivity index (χ4n) is 2.90. The van der Waals surface area contributed by atoms with E-state index < -0.39 is 17.1 Å². The first kappa shape index (κ1) is 14.0. The molecule has 0 aromatic carbocycles. The Balaban J connectivity index is 2.44. The molecule has 104 valence electrons. The third-order valence-corrected chi connectivity index (χ3v) is 3.64. The third kappa shape index (κ3) is 2.14. The third-order valence-electron chi connectivity index (χ3n) is 3.64. The Morgan fingerprint density at radius 3 is 2.16 bits per heavy atom. The van der Waals surface area contributed by atoms with Crippen molar-refractivity contribution in [2.75, 3.05) is 0 Å². The van der Waals surface area contributed by atoms with Crippen LogP contribution in [0.3, 0.4) is 0 Å². The fourth-order valence-corrected chi connectivity index (χ4v) is 2.90. The Morgan fingerprint density at radius 1 is 1.21 bits per heavy atom. The molecule has 1 saturated heterocycles. The molecular formula is C15H20O4. The molecule has 2 rings (SSSR count). The number of carbonyl (C=O) groups is 2. The average Bonchev–Trinajstić information content (AvgIpc) is 2.62. The molecule has 1 atom stereocenters. The van der Waals surface area contributed by atoms with Gasteiger partial charge in [0, 0.05) is 0 Å². The average molecular weight is 264 g/mol. The lowest BCUT2D eigenvalue weighted by atomic mass is 9.80. The van der Waals surface area contributed by atoms with Gasteiger partial charge in [0.05, 0.1) is 11.2 Å². The van der Waals surface area contributed by atoms with Crippen LogP contribution in [0.4, 0.5) is 0 Å². The summed E-state index contributed by atoms with van der Waals surface area (Å²) in [6.07, 6.45) is 0. The minimum Gasteiger partial charge on any atom is -0.466 e. The van der Waals surface area contributed by atoms with Crippen LogP contribution in [0.5, 0.6) is 0 Å². The zero-order chi connectivity index (χ0) is 14.6. The topological polar surface area (TPSA) is 56.5 Å². The van der Waals surface area contributed by atoms with E-state index in [1.54, 1.807) is 47.6 Å². The summed E-state index contributed by atoms with van der Waals surface area (Å²) >= 11 is 0. The number of rotatable bonds is 2. The number of carbonyl (C=O) groups excluding carboxylic acids is 2. The first-order valence-electron chi connectivity index (χ1n) is 6.42. The molecule has 0 saturated carbocycles. The van der Waals surface area contributed by atoms with E-state index in [9.17, 15) is 9.59 Å². The van der Waals surface area contributed by atoms with Gasteiger partial charge in [0.15, 0.2) is 11.6 Å². The molecule has 19 heavy (non-hydrogen) atoms. The quantitative estimate of drug-likeness (QED) is 0.609. The van der Waals surface area contributed by atoms with Crippen molar-refractivity contribution in [2.45, 2.75) is 52.7 Å². The summed E-state index contributed by atoms with van der Waals surface area (Å²) in [5.41, 5.74) is -1.24. The van der Waals surface area contributed by atoms with E-state index in [2.05, 4.69) is 0 Å². The van der Waals surface area contributed by atoms with E-state index >= 15 is 0 Å². The summed E-state index contributed by atoms with van der Waals surface area (Å²) in [4.78, 5) is 25.0. The van der Waals surface area contributed by atoms with Crippen LogP contribution in [0.2, 0.25) is 0 Å². The van der Waals surface area contributed by atoms with Crippen molar-refractivity contribution in [3.8, 4) is 0 Å². The predicted octanol–water partition coefficient (Wildman–Crippen LogP) is 2.85. The molecule has 0 amide bonds. The Morgan fingerprint density at radius 2 is 1.79 bits per heavy atom.